The second-order valence-corrected chi connectivity index (χ2v) is 35.0. The zero-order valence-corrected chi connectivity index (χ0v) is 79.7. The largest absolute Gasteiger partial charge is 0.490 e. The number of fused-ring (bicyclic) bond motifs is 15. The summed E-state index contributed by atoms with van der Waals surface area (Å²) in [4.78, 5) is 77.5. The molecule has 22 heteroatoms. The van der Waals surface area contributed by atoms with E-state index in [1.807, 2.05) is 90.4 Å². The van der Waals surface area contributed by atoms with Crippen molar-refractivity contribution in [3.63, 3.8) is 0 Å². The quantitative estimate of drug-likeness (QED) is 0.0153. The van der Waals surface area contributed by atoms with E-state index in [1.54, 1.807) is 11.3 Å². The first kappa shape index (κ1) is 95.9. The lowest BCUT2D eigenvalue weighted by Crippen LogP contribution is -2.28. The van der Waals surface area contributed by atoms with Gasteiger partial charge in [0.1, 0.15) is 119 Å². The molecule has 0 bridgehead atoms. The predicted molar refractivity (Wildman–Crippen MR) is 562 cm³/mol. The number of aromatic nitrogens is 2. The number of nitrogens with zero attached hydrogens (tertiary/aromatic N) is 2. The van der Waals surface area contributed by atoms with Crippen LogP contribution in [0.1, 0.15) is 66.8 Å². The molecule has 718 valence electrons. The van der Waals surface area contributed by atoms with Gasteiger partial charge in [-0.05, 0) is 277 Å². The Balaban J connectivity index is 0.000000139. The van der Waals surface area contributed by atoms with E-state index in [-0.39, 0.29) is 79.3 Å². The smallest absolute Gasteiger partial charge is 0.330 e. The van der Waals surface area contributed by atoms with Gasteiger partial charge in [0.15, 0.2) is 12.0 Å². The molecule has 0 fully saturated rings. The van der Waals surface area contributed by atoms with Crippen molar-refractivity contribution < 1.29 is 90.0 Å². The summed E-state index contributed by atoms with van der Waals surface area (Å²) in [6.07, 6.45) is 8.26. The van der Waals surface area contributed by atoms with Gasteiger partial charge in [0, 0.05) is 36.5 Å². The molecule has 0 saturated carbocycles. The molecule has 21 rings (SSSR count). The lowest BCUT2D eigenvalue weighted by atomic mass is 9.66. The van der Waals surface area contributed by atoms with E-state index < -0.39 is 52.1 Å². The number of thiazole rings is 1. The number of hydrogen-bond donors (Lipinski definition) is 0. The molecule has 3 aliphatic carbocycles. The second kappa shape index (κ2) is 43.0. The van der Waals surface area contributed by atoms with Gasteiger partial charge in [0.2, 0.25) is 0 Å². The molecule has 145 heavy (non-hydrogen) atoms. The molecule has 0 amide bonds. The van der Waals surface area contributed by atoms with Crippen molar-refractivity contribution in [1.29, 1.82) is 0 Å². The Labute approximate surface area is 839 Å². The van der Waals surface area contributed by atoms with Crippen LogP contribution >= 0.6 is 11.3 Å². The van der Waals surface area contributed by atoms with Gasteiger partial charge in [-0.15, -0.1) is 11.3 Å². The second-order valence-electron chi connectivity index (χ2n) is 34.1. The maximum Gasteiger partial charge on any atom is 0.330 e. The minimum atomic E-state index is -0.685. The maximum absolute atomic E-state index is 11.5. The van der Waals surface area contributed by atoms with E-state index in [1.165, 1.54) is 66.9 Å². The van der Waals surface area contributed by atoms with Crippen LogP contribution < -0.4 is 28.4 Å². The van der Waals surface area contributed by atoms with E-state index >= 15 is 0 Å². The number of oxazole rings is 1. The lowest BCUT2D eigenvalue weighted by Gasteiger charge is -2.34. The third kappa shape index (κ3) is 19.4. The molecule has 0 radical (unpaired) electrons. The summed E-state index contributed by atoms with van der Waals surface area (Å²) in [5.41, 5.74) is 22.7. The molecule has 2 heterocycles. The average Bonchev–Trinajstić information content (AvgIpc) is 1.48. The van der Waals surface area contributed by atoms with Crippen LogP contribution in [0.2, 0.25) is 0 Å². The number of benzene rings is 16. The van der Waals surface area contributed by atoms with Gasteiger partial charge in [-0.25, -0.2) is 38.7 Å². The van der Waals surface area contributed by atoms with Crippen LogP contribution in [0.5, 0.6) is 34.5 Å². The van der Waals surface area contributed by atoms with Crippen LogP contribution in [-0.2, 0) is 73.4 Å². The minimum Gasteiger partial charge on any atom is -0.490 e. The molecule has 21 nitrogen and oxygen atoms in total. The zero-order valence-electron chi connectivity index (χ0n) is 78.9. The number of rotatable bonds is 36. The summed E-state index contributed by atoms with van der Waals surface area (Å²) in [5, 5.41) is 8.99. The fraction of sp³-hybridized carbons (Fsp3) is 0.122. The monoisotopic (exact) mass is 1940 g/mol. The Morgan fingerprint density at radius 1 is 0.248 bits per heavy atom. The summed E-state index contributed by atoms with van der Waals surface area (Å²) in [6, 6.07) is 110. The molecule has 16 aromatic carbocycles. The van der Waals surface area contributed by atoms with E-state index in [9.17, 15) is 28.8 Å². The summed E-state index contributed by atoms with van der Waals surface area (Å²) in [7, 11) is 0. The fourth-order valence-electron chi connectivity index (χ4n) is 19.8. The topological polar surface area (TPSA) is 252 Å². The first-order chi connectivity index (χ1) is 71.0. The summed E-state index contributed by atoms with van der Waals surface area (Å²) >= 11 is 1.63. The standard InChI is InChI=1S/C51H38O6.C36H29NO7.C36H29NO6S/c1-3-49(52)56-23-21-54-43-19-15-37-25-41(17-13-39(37)27-43)51(42-18-14-40-28-44(20-16-38(40)26-42)55-22-24-57-50(53)4-2)47-31-35-11-7-5-9-33(35)29-45(47)46-30-34-10-6-8-12-36(34)32-48(46)51;2*1-3-34(38)42-19-17-40-26-13-9-24(10-14-26)36(25-11-15-27(16-12-25)41-18-20-43-35(39)4-2)30-8-6-5-7-28(30)29-21-33-32(22-31(29)36)37-23-44-33/h3-20,25-32H,1-2,21-24H2;2*3-16,21-23H,1-2,17-20H2. The molecule has 0 atom stereocenters. The van der Waals surface area contributed by atoms with Crippen LogP contribution in [0.4, 0.5) is 0 Å². The van der Waals surface area contributed by atoms with Gasteiger partial charge in [0.05, 0.1) is 32.0 Å². The Bertz CT molecular complexity index is 7440. The SMILES string of the molecule is C=CC(=O)OCCOc1ccc(C2(c3ccc(OCCOC(=O)C=C)cc3)c3ccccc3-c3cc4ocnc4cc32)cc1.C=CC(=O)OCCOc1ccc(C2(c3ccc(OCCOC(=O)C=C)cc3)c3ccccc3-c3cc4scnc4cc32)cc1.C=CC(=O)OCCOc1ccc2cc(C3(c4ccc5cc(OCCOC(=O)C=C)ccc5c4)c4cc5ccccc5cc4-c4cc5ccccc5cc43)ccc2c1. The fourth-order valence-corrected chi connectivity index (χ4v) is 20.5. The molecule has 0 aliphatic heterocycles. The van der Waals surface area contributed by atoms with Gasteiger partial charge in [-0.3, -0.25) is 0 Å². The van der Waals surface area contributed by atoms with Crippen LogP contribution in [0.25, 0.3) is 97.8 Å². The predicted octanol–water partition coefficient (Wildman–Crippen LogP) is 24.2. The Kier molecular flexibility index (Phi) is 28.4. The lowest BCUT2D eigenvalue weighted by molar-refractivity contribution is -0.139. The minimum absolute atomic E-state index is 0.121. The number of carbonyl (C=O) groups is 6. The number of ether oxygens (including phenoxy) is 12. The third-order valence-corrected chi connectivity index (χ3v) is 26.9. The molecular formula is C123H96N2O19S. The van der Waals surface area contributed by atoms with Crippen LogP contribution in [0, 0.1) is 0 Å². The van der Waals surface area contributed by atoms with Crippen molar-refractivity contribution in [3.05, 3.63) is 470 Å². The average molecular weight is 1940 g/mol. The molecule has 3 aliphatic rings. The highest BCUT2D eigenvalue weighted by Crippen LogP contribution is 2.62. The maximum atomic E-state index is 11.5. The van der Waals surface area contributed by atoms with Gasteiger partial charge in [-0.1, -0.05) is 221 Å². The summed E-state index contributed by atoms with van der Waals surface area (Å²) in [6.45, 7) is 22.7. The van der Waals surface area contributed by atoms with E-state index in [0.29, 0.717) is 34.5 Å². The van der Waals surface area contributed by atoms with Crippen LogP contribution in [0.15, 0.2) is 408 Å². The highest BCUT2D eigenvalue weighted by Gasteiger charge is 2.50. The zero-order chi connectivity index (χ0) is 100.0. The van der Waals surface area contributed by atoms with E-state index in [0.717, 1.165) is 141 Å². The Hall–Kier alpha value is -18.0. The molecule has 18 aromatic rings. The molecule has 0 unspecified atom stereocenters. The number of hydrogen-bond acceptors (Lipinski definition) is 22. The summed E-state index contributed by atoms with van der Waals surface area (Å²) < 4.78 is 72.4. The molecule has 0 N–H and O–H groups in total. The van der Waals surface area contributed by atoms with Crippen molar-refractivity contribution in [2.75, 3.05) is 79.3 Å². The van der Waals surface area contributed by atoms with Crippen molar-refractivity contribution in [3.8, 4) is 67.9 Å². The van der Waals surface area contributed by atoms with Gasteiger partial charge >= 0.3 is 35.8 Å². The van der Waals surface area contributed by atoms with Gasteiger partial charge < -0.3 is 61.3 Å². The molecule has 0 saturated heterocycles. The Morgan fingerprint density at radius 2 is 0.524 bits per heavy atom. The van der Waals surface area contributed by atoms with Crippen molar-refractivity contribution in [1.82, 2.24) is 9.97 Å². The van der Waals surface area contributed by atoms with Crippen LogP contribution in [0.3, 0.4) is 0 Å². The van der Waals surface area contributed by atoms with E-state index in [2.05, 4.69) is 280 Å². The first-order valence-electron chi connectivity index (χ1n) is 47.1. The number of carbonyl (C=O) groups excluding carboxylic acids is 6. The summed E-state index contributed by atoms with van der Waals surface area (Å²) in [5.74, 6) is 1.15. The van der Waals surface area contributed by atoms with Crippen molar-refractivity contribution in [2.45, 2.75) is 16.2 Å². The highest BCUT2D eigenvalue weighted by atomic mass is 32.1. The first-order valence-corrected chi connectivity index (χ1v) is 48.0. The Morgan fingerprint density at radius 3 is 0.890 bits per heavy atom. The van der Waals surface area contributed by atoms with Crippen molar-refractivity contribution >= 4 is 112 Å². The highest BCUT2D eigenvalue weighted by molar-refractivity contribution is 7.16. The van der Waals surface area contributed by atoms with Gasteiger partial charge in [-0.2, -0.15) is 0 Å². The molecule has 0 spiro atoms. The van der Waals surface area contributed by atoms with Crippen LogP contribution in [-0.4, -0.2) is 125 Å². The third-order valence-electron chi connectivity index (χ3n) is 26.1. The molecular weight excluding hydrogens is 1840 g/mol. The molecule has 2 aromatic heterocycles. The van der Waals surface area contributed by atoms with Crippen molar-refractivity contribution in [2.24, 2.45) is 0 Å². The van der Waals surface area contributed by atoms with E-state index in [4.69, 9.17) is 61.3 Å². The van der Waals surface area contributed by atoms with Gasteiger partial charge in [0.25, 0.3) is 0 Å². The normalized spacial score (nSPS) is 12.6. The number of esters is 6.